The van der Waals surface area contributed by atoms with Crippen LogP contribution in [-0.4, -0.2) is 19.0 Å². The highest BCUT2D eigenvalue weighted by molar-refractivity contribution is 7.98. The highest BCUT2D eigenvalue weighted by atomic mass is 32.2. The predicted molar refractivity (Wildman–Crippen MR) is 115 cm³/mol. The molecule has 5 nitrogen and oxygen atoms in total. The molecule has 0 atom stereocenters. The molecule has 0 radical (unpaired) electrons. The van der Waals surface area contributed by atoms with Crippen molar-refractivity contribution in [2.75, 3.05) is 12.4 Å². The number of esters is 1. The molecule has 0 unspecified atom stereocenters. The number of rotatable bonds is 6. The number of amides is 1. The Morgan fingerprint density at radius 1 is 1.14 bits per heavy atom. The van der Waals surface area contributed by atoms with Gasteiger partial charge in [-0.05, 0) is 55.5 Å². The van der Waals surface area contributed by atoms with Crippen molar-refractivity contribution in [2.24, 2.45) is 0 Å². The van der Waals surface area contributed by atoms with Gasteiger partial charge in [-0.15, -0.1) is 23.1 Å². The molecule has 3 aromatic rings. The zero-order valence-corrected chi connectivity index (χ0v) is 17.7. The number of hydrogen-bond donors (Lipinski definition) is 1. The van der Waals surface area contributed by atoms with E-state index in [1.54, 1.807) is 17.8 Å². The van der Waals surface area contributed by atoms with Crippen molar-refractivity contribution in [2.45, 2.75) is 36.3 Å². The molecule has 1 aliphatic carbocycles. The summed E-state index contributed by atoms with van der Waals surface area (Å²) in [6.45, 7) is 0. The van der Waals surface area contributed by atoms with Gasteiger partial charge in [-0.2, -0.15) is 0 Å². The number of hydrogen-bond acceptors (Lipinski definition) is 6. The van der Waals surface area contributed by atoms with Gasteiger partial charge in [-0.1, -0.05) is 18.2 Å². The van der Waals surface area contributed by atoms with Crippen molar-refractivity contribution in [1.82, 2.24) is 0 Å². The van der Waals surface area contributed by atoms with E-state index in [-0.39, 0.29) is 11.7 Å². The standard InChI is InChI=1S/C22H21NO4S2/c1-26-22(25)19-16-9-5-6-10-18(16)29-21(19)23-20(24)17-12-11-14(27-17)13-28-15-7-3-2-4-8-15/h2-4,7-8,11-12H,5-6,9-10,13H2,1H3,(H,23,24). The Kier molecular flexibility index (Phi) is 6.06. The molecule has 2 heterocycles. The van der Waals surface area contributed by atoms with Crippen LogP contribution in [0.15, 0.2) is 51.8 Å². The molecule has 0 fully saturated rings. The van der Waals surface area contributed by atoms with E-state index in [9.17, 15) is 9.59 Å². The monoisotopic (exact) mass is 427 g/mol. The number of nitrogens with one attached hydrogen (secondary N) is 1. The SMILES string of the molecule is COC(=O)c1c(NC(=O)c2ccc(CSc3ccccc3)o2)sc2c1CCCC2. The summed E-state index contributed by atoms with van der Waals surface area (Å²) in [5.41, 5.74) is 1.51. The molecule has 0 saturated carbocycles. The van der Waals surface area contributed by atoms with Gasteiger partial charge < -0.3 is 14.5 Å². The van der Waals surface area contributed by atoms with Gasteiger partial charge in [0, 0.05) is 9.77 Å². The van der Waals surface area contributed by atoms with Crippen LogP contribution in [0.3, 0.4) is 0 Å². The molecule has 150 valence electrons. The van der Waals surface area contributed by atoms with Gasteiger partial charge in [0.25, 0.3) is 5.91 Å². The minimum Gasteiger partial charge on any atom is -0.465 e. The third kappa shape index (κ3) is 4.41. The fourth-order valence-electron chi connectivity index (χ4n) is 3.39. The first-order valence-corrected chi connectivity index (χ1v) is 11.3. The number of benzene rings is 1. The normalized spacial score (nSPS) is 13.0. The highest BCUT2D eigenvalue weighted by Gasteiger charge is 2.27. The molecule has 0 aliphatic heterocycles. The number of furan rings is 1. The molecular formula is C22H21NO4S2. The minimum absolute atomic E-state index is 0.232. The summed E-state index contributed by atoms with van der Waals surface area (Å²) < 4.78 is 10.7. The molecule has 1 amide bonds. The van der Waals surface area contributed by atoms with Gasteiger partial charge in [0.05, 0.1) is 18.4 Å². The second kappa shape index (κ2) is 8.88. The van der Waals surface area contributed by atoms with E-state index < -0.39 is 5.97 Å². The largest absolute Gasteiger partial charge is 0.465 e. The van der Waals surface area contributed by atoms with E-state index in [1.807, 2.05) is 36.4 Å². The van der Waals surface area contributed by atoms with Crippen LogP contribution in [0.2, 0.25) is 0 Å². The van der Waals surface area contributed by atoms with Crippen molar-refractivity contribution in [1.29, 1.82) is 0 Å². The lowest BCUT2D eigenvalue weighted by atomic mass is 9.95. The number of thioether (sulfide) groups is 1. The Bertz CT molecular complexity index is 1020. The van der Waals surface area contributed by atoms with Crippen LogP contribution in [0.25, 0.3) is 0 Å². The van der Waals surface area contributed by atoms with Crippen LogP contribution in [-0.2, 0) is 23.3 Å². The third-order valence-corrected chi connectivity index (χ3v) is 7.04. The van der Waals surface area contributed by atoms with Gasteiger partial charge in [-0.3, -0.25) is 4.79 Å². The smallest absolute Gasteiger partial charge is 0.341 e. The number of methoxy groups -OCH3 is 1. The van der Waals surface area contributed by atoms with Gasteiger partial charge in [0.15, 0.2) is 5.76 Å². The average molecular weight is 428 g/mol. The van der Waals surface area contributed by atoms with Gasteiger partial charge >= 0.3 is 5.97 Å². The number of ether oxygens (including phenoxy) is 1. The number of fused-ring (bicyclic) bond motifs is 1. The summed E-state index contributed by atoms with van der Waals surface area (Å²) in [5, 5.41) is 3.41. The van der Waals surface area contributed by atoms with Gasteiger partial charge in [-0.25, -0.2) is 4.79 Å². The molecule has 0 bridgehead atoms. The summed E-state index contributed by atoms with van der Waals surface area (Å²) in [4.78, 5) is 27.3. The summed E-state index contributed by atoms with van der Waals surface area (Å²) in [7, 11) is 1.37. The maximum atomic E-state index is 12.7. The molecule has 1 N–H and O–H groups in total. The fraction of sp³-hybridized carbons (Fsp3) is 0.273. The first-order chi connectivity index (χ1) is 14.2. The molecule has 2 aromatic heterocycles. The van der Waals surface area contributed by atoms with E-state index in [1.165, 1.54) is 18.4 Å². The van der Waals surface area contributed by atoms with Crippen molar-refractivity contribution in [3.63, 3.8) is 0 Å². The molecule has 0 spiro atoms. The minimum atomic E-state index is -0.404. The Hall–Kier alpha value is -2.51. The van der Waals surface area contributed by atoms with E-state index >= 15 is 0 Å². The first kappa shape index (κ1) is 19.8. The van der Waals surface area contributed by atoms with Crippen LogP contribution in [0.1, 0.15) is 50.0 Å². The van der Waals surface area contributed by atoms with E-state index in [4.69, 9.17) is 9.15 Å². The first-order valence-electron chi connectivity index (χ1n) is 9.46. The third-order valence-electron chi connectivity index (χ3n) is 4.80. The molecule has 7 heteroatoms. The lowest BCUT2D eigenvalue weighted by molar-refractivity contribution is 0.0601. The average Bonchev–Trinajstić information content (AvgIpc) is 3.37. The van der Waals surface area contributed by atoms with Crippen LogP contribution in [0.5, 0.6) is 0 Å². The summed E-state index contributed by atoms with van der Waals surface area (Å²) in [5.74, 6) is 0.834. The van der Waals surface area contributed by atoms with E-state index in [0.29, 0.717) is 16.3 Å². The Labute approximate surface area is 177 Å². The van der Waals surface area contributed by atoms with Crippen LogP contribution in [0.4, 0.5) is 5.00 Å². The number of carbonyl (C=O) groups is 2. The Balaban J connectivity index is 1.48. The zero-order chi connectivity index (χ0) is 20.2. The molecule has 1 aromatic carbocycles. The molecular weight excluding hydrogens is 406 g/mol. The molecule has 0 saturated heterocycles. The summed E-state index contributed by atoms with van der Waals surface area (Å²) in [6.07, 6.45) is 3.92. The Morgan fingerprint density at radius 3 is 2.72 bits per heavy atom. The van der Waals surface area contributed by atoms with Crippen LogP contribution >= 0.6 is 23.1 Å². The van der Waals surface area contributed by atoms with Crippen molar-refractivity contribution in [3.8, 4) is 0 Å². The number of aryl methyl sites for hydroxylation is 1. The predicted octanol–water partition coefficient (Wildman–Crippen LogP) is 5.55. The van der Waals surface area contributed by atoms with Gasteiger partial charge in [0.2, 0.25) is 0 Å². The second-order valence-corrected chi connectivity index (χ2v) is 8.88. The van der Waals surface area contributed by atoms with Crippen molar-refractivity contribution in [3.05, 3.63) is 70.0 Å². The highest BCUT2D eigenvalue weighted by Crippen LogP contribution is 2.38. The quantitative estimate of drug-likeness (QED) is 0.412. The second-order valence-electron chi connectivity index (χ2n) is 6.73. The number of carbonyl (C=O) groups excluding carboxylic acids is 2. The number of thiophene rings is 1. The lowest BCUT2D eigenvalue weighted by Gasteiger charge is -2.11. The zero-order valence-electron chi connectivity index (χ0n) is 16.0. The van der Waals surface area contributed by atoms with Crippen LogP contribution in [0, 0.1) is 0 Å². The maximum absolute atomic E-state index is 12.7. The van der Waals surface area contributed by atoms with Crippen molar-refractivity contribution >= 4 is 40.0 Å². The summed E-state index contributed by atoms with van der Waals surface area (Å²) >= 11 is 3.11. The summed E-state index contributed by atoms with van der Waals surface area (Å²) in [6, 6.07) is 13.5. The molecule has 1 aliphatic rings. The molecule has 4 rings (SSSR count). The fourth-order valence-corrected chi connectivity index (χ4v) is 5.47. The lowest BCUT2D eigenvalue weighted by Crippen LogP contribution is -2.14. The maximum Gasteiger partial charge on any atom is 0.341 e. The van der Waals surface area contributed by atoms with Crippen LogP contribution < -0.4 is 5.32 Å². The molecule has 29 heavy (non-hydrogen) atoms. The van der Waals surface area contributed by atoms with Gasteiger partial charge in [0.1, 0.15) is 10.8 Å². The Morgan fingerprint density at radius 2 is 1.93 bits per heavy atom. The van der Waals surface area contributed by atoms with E-state index in [2.05, 4.69) is 5.32 Å². The van der Waals surface area contributed by atoms with E-state index in [0.717, 1.165) is 46.8 Å². The number of anilines is 1. The van der Waals surface area contributed by atoms with Crippen molar-refractivity contribution < 1.29 is 18.7 Å². The topological polar surface area (TPSA) is 68.5 Å².